The van der Waals surface area contributed by atoms with Gasteiger partial charge in [-0.15, -0.1) is 0 Å². The molecule has 2 rings (SSSR count). The zero-order chi connectivity index (χ0) is 15.2. The van der Waals surface area contributed by atoms with Gasteiger partial charge in [0.15, 0.2) is 5.84 Å². The Morgan fingerprint density at radius 3 is 2.62 bits per heavy atom. The number of benzene rings is 1. The van der Waals surface area contributed by atoms with Gasteiger partial charge in [-0.3, -0.25) is 0 Å². The maximum atomic E-state index is 8.72. The maximum Gasteiger partial charge on any atom is 0.214 e. The van der Waals surface area contributed by atoms with Crippen LogP contribution in [0, 0.1) is 6.92 Å². The van der Waals surface area contributed by atoms with Crippen molar-refractivity contribution < 1.29 is 14.7 Å². The highest BCUT2D eigenvalue weighted by molar-refractivity contribution is 5.97. The van der Waals surface area contributed by atoms with Crippen molar-refractivity contribution in [1.82, 2.24) is 4.98 Å². The zero-order valence-electron chi connectivity index (χ0n) is 11.9. The molecular formula is C15H17N3O3. The lowest BCUT2D eigenvalue weighted by Gasteiger charge is -2.08. The van der Waals surface area contributed by atoms with Gasteiger partial charge in [-0.1, -0.05) is 17.3 Å². The Morgan fingerprint density at radius 2 is 2.00 bits per heavy atom. The Morgan fingerprint density at radius 1 is 1.29 bits per heavy atom. The largest absolute Gasteiger partial charge is 0.497 e. The van der Waals surface area contributed by atoms with Crippen molar-refractivity contribution in [2.75, 3.05) is 7.11 Å². The Bertz CT molecular complexity index is 639. The molecule has 0 amide bonds. The Kier molecular flexibility index (Phi) is 4.61. The molecule has 0 radical (unpaired) electrons. The first-order chi connectivity index (χ1) is 10.1. The SMILES string of the molecule is COc1ccc(COc2cc(/C(N)=N/O)cc(C)n2)cc1. The van der Waals surface area contributed by atoms with Crippen molar-refractivity contribution in [2.45, 2.75) is 13.5 Å². The number of oxime groups is 1. The van der Waals surface area contributed by atoms with E-state index in [0.29, 0.717) is 18.1 Å². The molecule has 0 unspecified atom stereocenters. The van der Waals surface area contributed by atoms with Crippen LogP contribution in [0.2, 0.25) is 0 Å². The first-order valence-electron chi connectivity index (χ1n) is 6.34. The van der Waals surface area contributed by atoms with Crippen LogP contribution in [-0.2, 0) is 6.61 Å². The van der Waals surface area contributed by atoms with Crippen molar-refractivity contribution in [3.8, 4) is 11.6 Å². The molecule has 0 aliphatic rings. The van der Waals surface area contributed by atoms with Crippen LogP contribution in [0.5, 0.6) is 11.6 Å². The van der Waals surface area contributed by atoms with Gasteiger partial charge in [0.25, 0.3) is 0 Å². The van der Waals surface area contributed by atoms with Crippen LogP contribution in [0.4, 0.5) is 0 Å². The van der Waals surface area contributed by atoms with Crippen LogP contribution >= 0.6 is 0 Å². The molecule has 0 atom stereocenters. The molecule has 2 aromatic rings. The van der Waals surface area contributed by atoms with Crippen molar-refractivity contribution in [3.05, 3.63) is 53.2 Å². The highest BCUT2D eigenvalue weighted by atomic mass is 16.5. The standard InChI is InChI=1S/C15H17N3O3/c1-10-7-12(15(16)18-19)8-14(17-10)21-9-11-3-5-13(20-2)6-4-11/h3-8,19H,9H2,1-2H3,(H2,16,18). The molecule has 3 N–H and O–H groups in total. The van der Waals surface area contributed by atoms with Crippen molar-refractivity contribution in [2.24, 2.45) is 10.9 Å². The molecule has 21 heavy (non-hydrogen) atoms. The zero-order valence-corrected chi connectivity index (χ0v) is 11.9. The van der Waals surface area contributed by atoms with E-state index in [9.17, 15) is 0 Å². The van der Waals surface area contributed by atoms with Gasteiger partial charge in [-0.05, 0) is 30.7 Å². The van der Waals surface area contributed by atoms with Crippen LogP contribution in [0.25, 0.3) is 0 Å². The lowest BCUT2D eigenvalue weighted by molar-refractivity contribution is 0.293. The van der Waals surface area contributed by atoms with E-state index in [-0.39, 0.29) is 5.84 Å². The summed E-state index contributed by atoms with van der Waals surface area (Å²) in [4.78, 5) is 4.26. The fraction of sp³-hybridized carbons (Fsp3) is 0.200. The van der Waals surface area contributed by atoms with Crippen LogP contribution < -0.4 is 15.2 Å². The molecular weight excluding hydrogens is 270 g/mol. The summed E-state index contributed by atoms with van der Waals surface area (Å²) in [5.74, 6) is 1.24. The fourth-order valence-electron chi connectivity index (χ4n) is 1.80. The molecule has 110 valence electrons. The predicted molar refractivity (Wildman–Crippen MR) is 78.8 cm³/mol. The molecule has 1 heterocycles. The van der Waals surface area contributed by atoms with Gasteiger partial charge in [0.05, 0.1) is 7.11 Å². The number of ether oxygens (including phenoxy) is 2. The van der Waals surface area contributed by atoms with Gasteiger partial charge in [0, 0.05) is 17.3 Å². The van der Waals surface area contributed by atoms with E-state index in [0.717, 1.165) is 17.0 Å². The minimum Gasteiger partial charge on any atom is -0.497 e. The Labute approximate surface area is 122 Å². The second kappa shape index (κ2) is 6.60. The molecule has 0 bridgehead atoms. The van der Waals surface area contributed by atoms with E-state index in [2.05, 4.69) is 10.1 Å². The predicted octanol–water partition coefficient (Wildman–Crippen LogP) is 2.07. The molecule has 1 aromatic heterocycles. The number of hydrogen-bond donors (Lipinski definition) is 2. The topological polar surface area (TPSA) is 90.0 Å². The molecule has 1 aromatic carbocycles. The smallest absolute Gasteiger partial charge is 0.214 e. The van der Waals surface area contributed by atoms with Gasteiger partial charge in [0.1, 0.15) is 12.4 Å². The first kappa shape index (κ1) is 14.6. The van der Waals surface area contributed by atoms with Crippen molar-refractivity contribution in [1.29, 1.82) is 0 Å². The highest BCUT2D eigenvalue weighted by Gasteiger charge is 2.05. The molecule has 6 heteroatoms. The highest BCUT2D eigenvalue weighted by Crippen LogP contribution is 2.16. The van der Waals surface area contributed by atoms with Crippen molar-refractivity contribution >= 4 is 5.84 Å². The van der Waals surface area contributed by atoms with Crippen LogP contribution in [0.15, 0.2) is 41.6 Å². The summed E-state index contributed by atoms with van der Waals surface area (Å²) in [5, 5.41) is 11.7. The average Bonchev–Trinajstić information content (AvgIpc) is 2.52. The number of methoxy groups -OCH3 is 1. The summed E-state index contributed by atoms with van der Waals surface area (Å²) < 4.78 is 10.7. The molecule has 0 aliphatic carbocycles. The van der Waals surface area contributed by atoms with Gasteiger partial charge in [0.2, 0.25) is 5.88 Å². The number of hydrogen-bond acceptors (Lipinski definition) is 5. The summed E-state index contributed by atoms with van der Waals surface area (Å²) in [6.07, 6.45) is 0. The lowest BCUT2D eigenvalue weighted by Crippen LogP contribution is -2.14. The summed E-state index contributed by atoms with van der Waals surface area (Å²) in [6, 6.07) is 10.9. The second-order valence-electron chi connectivity index (χ2n) is 4.46. The second-order valence-corrected chi connectivity index (χ2v) is 4.46. The number of rotatable bonds is 5. The summed E-state index contributed by atoms with van der Waals surface area (Å²) in [7, 11) is 1.62. The molecule has 0 saturated heterocycles. The third-order valence-corrected chi connectivity index (χ3v) is 2.88. The third kappa shape index (κ3) is 3.85. The number of amidine groups is 1. The van der Waals surface area contributed by atoms with Crippen molar-refractivity contribution in [3.63, 3.8) is 0 Å². The van der Waals surface area contributed by atoms with E-state index in [1.54, 1.807) is 19.2 Å². The van der Waals surface area contributed by atoms with Gasteiger partial charge in [-0.2, -0.15) is 0 Å². The summed E-state index contributed by atoms with van der Waals surface area (Å²) >= 11 is 0. The maximum absolute atomic E-state index is 8.72. The summed E-state index contributed by atoms with van der Waals surface area (Å²) in [5.41, 5.74) is 7.85. The normalized spacial score (nSPS) is 11.2. The minimum absolute atomic E-state index is 0.0230. The fourth-order valence-corrected chi connectivity index (χ4v) is 1.80. The van der Waals surface area contributed by atoms with Gasteiger partial charge < -0.3 is 20.4 Å². The number of pyridine rings is 1. The van der Waals surface area contributed by atoms with E-state index in [4.69, 9.17) is 20.4 Å². The lowest BCUT2D eigenvalue weighted by atomic mass is 10.2. The number of nitrogens with two attached hydrogens (primary N) is 1. The van der Waals surface area contributed by atoms with E-state index in [1.165, 1.54) is 0 Å². The molecule has 0 saturated carbocycles. The van der Waals surface area contributed by atoms with Crippen LogP contribution in [0.1, 0.15) is 16.8 Å². The van der Waals surface area contributed by atoms with E-state index < -0.39 is 0 Å². The van der Waals surface area contributed by atoms with Crippen LogP contribution in [0.3, 0.4) is 0 Å². The number of nitrogens with zero attached hydrogens (tertiary/aromatic N) is 2. The van der Waals surface area contributed by atoms with Gasteiger partial charge in [-0.25, -0.2) is 4.98 Å². The average molecular weight is 287 g/mol. The third-order valence-electron chi connectivity index (χ3n) is 2.88. The molecule has 0 spiro atoms. The van der Waals surface area contributed by atoms with E-state index >= 15 is 0 Å². The molecule has 0 aliphatic heterocycles. The van der Waals surface area contributed by atoms with Crippen LogP contribution in [-0.4, -0.2) is 23.1 Å². The number of aromatic nitrogens is 1. The Hall–Kier alpha value is -2.76. The molecule has 6 nitrogen and oxygen atoms in total. The summed E-state index contributed by atoms with van der Waals surface area (Å²) in [6.45, 7) is 2.18. The van der Waals surface area contributed by atoms with Gasteiger partial charge >= 0.3 is 0 Å². The monoisotopic (exact) mass is 287 g/mol. The number of aryl methyl sites for hydroxylation is 1. The van der Waals surface area contributed by atoms with E-state index in [1.807, 2.05) is 31.2 Å². The Balaban J connectivity index is 2.10. The molecule has 0 fully saturated rings. The quantitative estimate of drug-likeness (QED) is 0.380. The first-order valence-corrected chi connectivity index (χ1v) is 6.34. The minimum atomic E-state index is 0.0230.